The largest absolute Gasteiger partial charge is 0.497 e. The number of hydrogen-bond donors (Lipinski definition) is 0. The lowest BCUT2D eigenvalue weighted by Gasteiger charge is -2.09. The van der Waals surface area contributed by atoms with Crippen molar-refractivity contribution in [2.75, 3.05) is 13.7 Å². The molecular formula is C13H15NO3. The molecule has 0 N–H and O–H groups in total. The van der Waals surface area contributed by atoms with E-state index in [1.165, 1.54) is 7.11 Å². The molecule has 4 nitrogen and oxygen atoms in total. The highest BCUT2D eigenvalue weighted by atomic mass is 16.5. The van der Waals surface area contributed by atoms with Crippen LogP contribution in [-0.4, -0.2) is 19.5 Å². The molecule has 0 aliphatic rings. The first kappa shape index (κ1) is 13.0. The van der Waals surface area contributed by atoms with Gasteiger partial charge in [0, 0.05) is 12.0 Å². The molecule has 1 aromatic carbocycles. The van der Waals surface area contributed by atoms with Crippen LogP contribution in [0.5, 0.6) is 11.5 Å². The molecule has 0 aliphatic carbocycles. The Kier molecular flexibility index (Phi) is 4.53. The van der Waals surface area contributed by atoms with Gasteiger partial charge in [-0.1, -0.05) is 13.8 Å². The number of hydrogen-bond acceptors (Lipinski definition) is 4. The molecule has 0 saturated carbocycles. The highest BCUT2D eigenvalue weighted by Gasteiger charge is 2.09. The second-order valence-corrected chi connectivity index (χ2v) is 3.92. The normalized spacial score (nSPS) is 9.82. The summed E-state index contributed by atoms with van der Waals surface area (Å²) in [7, 11) is 1.51. The van der Waals surface area contributed by atoms with Crippen molar-refractivity contribution >= 4 is 5.78 Å². The first-order valence-electron chi connectivity index (χ1n) is 5.31. The zero-order valence-electron chi connectivity index (χ0n) is 10.2. The van der Waals surface area contributed by atoms with E-state index in [4.69, 9.17) is 14.7 Å². The van der Waals surface area contributed by atoms with E-state index in [0.717, 1.165) is 0 Å². The lowest BCUT2D eigenvalue weighted by atomic mass is 10.1. The third-order valence-corrected chi connectivity index (χ3v) is 2.27. The average molecular weight is 233 g/mol. The second-order valence-electron chi connectivity index (χ2n) is 3.92. The molecule has 0 radical (unpaired) electrons. The predicted molar refractivity (Wildman–Crippen MR) is 63.0 cm³/mol. The van der Waals surface area contributed by atoms with Crippen LogP contribution >= 0.6 is 0 Å². The first-order valence-corrected chi connectivity index (χ1v) is 5.31. The average Bonchev–Trinajstić information content (AvgIpc) is 2.35. The highest BCUT2D eigenvalue weighted by molar-refractivity contribution is 5.81. The van der Waals surface area contributed by atoms with E-state index in [1.807, 2.05) is 19.9 Å². The van der Waals surface area contributed by atoms with Crippen molar-refractivity contribution in [1.29, 1.82) is 5.26 Å². The Balaban J connectivity index is 2.78. The fraction of sp³-hybridized carbons (Fsp3) is 0.385. The number of ketones is 1. The Morgan fingerprint density at radius 3 is 2.53 bits per heavy atom. The number of benzene rings is 1. The number of carbonyl (C=O) groups excluding carboxylic acids is 1. The minimum atomic E-state index is -0.0592. The number of Topliss-reactive ketones (excluding diaryl/α,β-unsaturated/α-hetero) is 1. The number of nitriles is 1. The molecule has 0 aromatic heterocycles. The van der Waals surface area contributed by atoms with E-state index in [2.05, 4.69) is 0 Å². The van der Waals surface area contributed by atoms with Gasteiger partial charge in [-0.2, -0.15) is 5.26 Å². The second kappa shape index (κ2) is 5.90. The van der Waals surface area contributed by atoms with Crippen LogP contribution in [0.3, 0.4) is 0 Å². The van der Waals surface area contributed by atoms with E-state index in [-0.39, 0.29) is 18.3 Å². The van der Waals surface area contributed by atoms with Crippen LogP contribution in [0.4, 0.5) is 0 Å². The zero-order valence-corrected chi connectivity index (χ0v) is 10.2. The van der Waals surface area contributed by atoms with Gasteiger partial charge in [0.05, 0.1) is 18.7 Å². The van der Waals surface area contributed by atoms with Crippen LogP contribution < -0.4 is 9.47 Å². The van der Waals surface area contributed by atoms with Crippen LogP contribution in [-0.2, 0) is 4.79 Å². The van der Waals surface area contributed by atoms with Gasteiger partial charge in [-0.25, -0.2) is 0 Å². The summed E-state index contributed by atoms with van der Waals surface area (Å²) >= 11 is 0. The van der Waals surface area contributed by atoms with Gasteiger partial charge in [0.2, 0.25) is 0 Å². The third-order valence-electron chi connectivity index (χ3n) is 2.27. The number of ether oxygens (including phenoxy) is 2. The maximum absolute atomic E-state index is 11.4. The van der Waals surface area contributed by atoms with Gasteiger partial charge < -0.3 is 9.47 Å². The number of nitrogens with zero attached hydrogens (tertiary/aromatic N) is 1. The van der Waals surface area contributed by atoms with Crippen molar-refractivity contribution in [2.45, 2.75) is 13.8 Å². The topological polar surface area (TPSA) is 59.3 Å². The molecular weight excluding hydrogens is 218 g/mol. The molecule has 0 unspecified atom stereocenters. The van der Waals surface area contributed by atoms with Crippen LogP contribution in [0, 0.1) is 17.2 Å². The summed E-state index contributed by atoms with van der Waals surface area (Å²) < 4.78 is 10.4. The summed E-state index contributed by atoms with van der Waals surface area (Å²) in [6.45, 7) is 3.64. The summed E-state index contributed by atoms with van der Waals surface area (Å²) in [6, 6.07) is 6.84. The molecule has 0 amide bonds. The summed E-state index contributed by atoms with van der Waals surface area (Å²) in [5.74, 6) is 0.966. The summed E-state index contributed by atoms with van der Waals surface area (Å²) in [5, 5.41) is 8.82. The van der Waals surface area contributed by atoms with Crippen LogP contribution in [0.15, 0.2) is 18.2 Å². The lowest BCUT2D eigenvalue weighted by Crippen LogP contribution is -2.16. The fourth-order valence-corrected chi connectivity index (χ4v) is 1.16. The lowest BCUT2D eigenvalue weighted by molar-refractivity contribution is -0.123. The Labute approximate surface area is 101 Å². The van der Waals surface area contributed by atoms with Gasteiger partial charge in [0.1, 0.15) is 18.1 Å². The molecule has 0 fully saturated rings. The van der Waals surface area contributed by atoms with Crippen molar-refractivity contribution in [1.82, 2.24) is 0 Å². The van der Waals surface area contributed by atoms with Gasteiger partial charge in [-0.05, 0) is 12.1 Å². The Morgan fingerprint density at radius 1 is 1.35 bits per heavy atom. The number of carbonyl (C=O) groups is 1. The standard InChI is InChI=1S/C13H15NO3/c1-9(2)13(15)8-17-12-5-10(7-14)4-11(6-12)16-3/h4-6,9H,8H2,1-3H3. The van der Waals surface area contributed by atoms with E-state index in [9.17, 15) is 4.79 Å². The molecule has 0 saturated heterocycles. The highest BCUT2D eigenvalue weighted by Crippen LogP contribution is 2.22. The molecule has 1 aromatic rings. The van der Waals surface area contributed by atoms with Crippen LogP contribution in [0.25, 0.3) is 0 Å². The SMILES string of the molecule is COc1cc(C#N)cc(OCC(=O)C(C)C)c1. The minimum absolute atomic E-state index is 0.00963. The van der Waals surface area contributed by atoms with Gasteiger partial charge in [0.15, 0.2) is 5.78 Å². The quantitative estimate of drug-likeness (QED) is 0.782. The molecule has 0 bridgehead atoms. The van der Waals surface area contributed by atoms with E-state index in [0.29, 0.717) is 17.1 Å². The van der Waals surface area contributed by atoms with Crippen molar-refractivity contribution in [3.63, 3.8) is 0 Å². The van der Waals surface area contributed by atoms with Gasteiger partial charge in [-0.15, -0.1) is 0 Å². The van der Waals surface area contributed by atoms with Crippen molar-refractivity contribution in [3.05, 3.63) is 23.8 Å². The summed E-state index contributed by atoms with van der Waals surface area (Å²) in [6.07, 6.45) is 0. The van der Waals surface area contributed by atoms with Gasteiger partial charge in [0.25, 0.3) is 0 Å². The first-order chi connectivity index (χ1) is 8.06. The van der Waals surface area contributed by atoms with Crippen molar-refractivity contribution < 1.29 is 14.3 Å². The molecule has 0 aliphatic heterocycles. The Morgan fingerprint density at radius 2 is 2.00 bits per heavy atom. The maximum Gasteiger partial charge on any atom is 0.172 e. The summed E-state index contributed by atoms with van der Waals surface area (Å²) in [5.41, 5.74) is 0.441. The Hall–Kier alpha value is -2.02. The molecule has 0 heterocycles. The zero-order chi connectivity index (χ0) is 12.8. The predicted octanol–water partition coefficient (Wildman–Crippen LogP) is 2.17. The van der Waals surface area contributed by atoms with Crippen LogP contribution in [0.2, 0.25) is 0 Å². The van der Waals surface area contributed by atoms with Gasteiger partial charge >= 0.3 is 0 Å². The van der Waals surface area contributed by atoms with E-state index >= 15 is 0 Å². The smallest absolute Gasteiger partial charge is 0.172 e. The molecule has 0 spiro atoms. The molecule has 17 heavy (non-hydrogen) atoms. The van der Waals surface area contributed by atoms with Crippen LogP contribution in [0.1, 0.15) is 19.4 Å². The van der Waals surface area contributed by atoms with E-state index < -0.39 is 0 Å². The van der Waals surface area contributed by atoms with E-state index in [1.54, 1.807) is 18.2 Å². The fourth-order valence-electron chi connectivity index (χ4n) is 1.16. The number of methoxy groups -OCH3 is 1. The molecule has 4 heteroatoms. The molecule has 90 valence electrons. The summed E-state index contributed by atoms with van der Waals surface area (Å²) in [4.78, 5) is 11.4. The third kappa shape index (κ3) is 3.80. The Bertz CT molecular complexity index is 446. The van der Waals surface area contributed by atoms with Crippen molar-refractivity contribution in [2.24, 2.45) is 5.92 Å². The molecule has 1 rings (SSSR count). The molecule has 0 atom stereocenters. The minimum Gasteiger partial charge on any atom is -0.497 e. The maximum atomic E-state index is 11.4. The van der Waals surface area contributed by atoms with Crippen molar-refractivity contribution in [3.8, 4) is 17.6 Å². The van der Waals surface area contributed by atoms with Gasteiger partial charge in [-0.3, -0.25) is 4.79 Å². The monoisotopic (exact) mass is 233 g/mol. The number of rotatable bonds is 5.